The summed E-state index contributed by atoms with van der Waals surface area (Å²) in [7, 11) is 0. The number of ether oxygens (including phenoxy) is 1. The molecule has 2 rings (SSSR count). The van der Waals surface area contributed by atoms with E-state index in [1.807, 2.05) is 0 Å². The molecular formula is C11H16BrN3OS. The Morgan fingerprint density at radius 1 is 1.76 bits per heavy atom. The summed E-state index contributed by atoms with van der Waals surface area (Å²) >= 11 is 5.11. The maximum Gasteiger partial charge on any atom is 0.191 e. The van der Waals surface area contributed by atoms with E-state index in [4.69, 9.17) is 10.5 Å². The molecular weight excluding hydrogens is 302 g/mol. The number of aliphatic imine (C=N–C) groups is 1. The average Bonchev–Trinajstić information content (AvgIpc) is 2.72. The Morgan fingerprint density at radius 2 is 2.59 bits per heavy atom. The number of hydrogen-bond acceptors (Lipinski definition) is 3. The molecule has 1 saturated heterocycles. The zero-order valence-electron chi connectivity index (χ0n) is 9.73. The fraction of sp³-hybridized carbons (Fsp3) is 0.545. The van der Waals surface area contributed by atoms with Gasteiger partial charge >= 0.3 is 0 Å². The monoisotopic (exact) mass is 317 g/mol. The van der Waals surface area contributed by atoms with E-state index in [0.717, 1.165) is 24.2 Å². The second kappa shape index (κ2) is 5.84. The minimum Gasteiger partial charge on any atom is -0.375 e. The molecule has 0 aromatic carbocycles. The van der Waals surface area contributed by atoms with Crippen LogP contribution in [0, 0.1) is 0 Å². The largest absolute Gasteiger partial charge is 0.375 e. The van der Waals surface area contributed by atoms with E-state index in [2.05, 4.69) is 44.2 Å². The molecule has 1 aromatic heterocycles. The minimum atomic E-state index is 0.230. The van der Waals surface area contributed by atoms with Crippen LogP contribution in [0.2, 0.25) is 0 Å². The number of halogens is 1. The zero-order chi connectivity index (χ0) is 12.3. The Morgan fingerprint density at radius 3 is 3.24 bits per heavy atom. The first kappa shape index (κ1) is 12.9. The van der Waals surface area contributed by atoms with Crippen LogP contribution in [-0.4, -0.2) is 36.7 Å². The van der Waals surface area contributed by atoms with Crippen molar-refractivity contribution in [2.24, 2.45) is 10.7 Å². The van der Waals surface area contributed by atoms with E-state index in [1.54, 1.807) is 11.3 Å². The number of thiophene rings is 1. The molecule has 1 aromatic rings. The van der Waals surface area contributed by atoms with Gasteiger partial charge in [0.2, 0.25) is 0 Å². The smallest absolute Gasteiger partial charge is 0.191 e. The SMILES string of the molecule is CC1CN(C(N)=NCc2cc(Br)cs2)CCO1. The second-order valence-electron chi connectivity index (χ2n) is 4.03. The van der Waals surface area contributed by atoms with Gasteiger partial charge in [0.05, 0.1) is 19.3 Å². The van der Waals surface area contributed by atoms with E-state index in [0.29, 0.717) is 12.5 Å². The molecule has 1 atom stereocenters. The van der Waals surface area contributed by atoms with Gasteiger partial charge in [0, 0.05) is 27.8 Å². The fourth-order valence-corrected chi connectivity index (χ4v) is 3.10. The summed E-state index contributed by atoms with van der Waals surface area (Å²) < 4.78 is 6.57. The molecule has 0 amide bonds. The maximum absolute atomic E-state index is 5.98. The first-order chi connectivity index (χ1) is 8.15. The lowest BCUT2D eigenvalue weighted by molar-refractivity contribution is 0.00529. The molecule has 0 bridgehead atoms. The highest BCUT2D eigenvalue weighted by molar-refractivity contribution is 9.10. The van der Waals surface area contributed by atoms with E-state index in [1.165, 1.54) is 4.88 Å². The van der Waals surface area contributed by atoms with Gasteiger partial charge < -0.3 is 15.4 Å². The van der Waals surface area contributed by atoms with E-state index in [-0.39, 0.29) is 6.10 Å². The van der Waals surface area contributed by atoms with Crippen LogP contribution in [-0.2, 0) is 11.3 Å². The maximum atomic E-state index is 5.98. The van der Waals surface area contributed by atoms with Crippen LogP contribution < -0.4 is 5.73 Å². The highest BCUT2D eigenvalue weighted by atomic mass is 79.9. The van der Waals surface area contributed by atoms with Crippen LogP contribution in [0.1, 0.15) is 11.8 Å². The van der Waals surface area contributed by atoms with Gasteiger partial charge in [-0.05, 0) is 28.9 Å². The van der Waals surface area contributed by atoms with Crippen molar-refractivity contribution >= 4 is 33.2 Å². The van der Waals surface area contributed by atoms with Crippen LogP contribution in [0.5, 0.6) is 0 Å². The summed E-state index contributed by atoms with van der Waals surface area (Å²) in [5, 5.41) is 2.05. The molecule has 17 heavy (non-hydrogen) atoms. The normalized spacial score (nSPS) is 21.9. The molecule has 6 heteroatoms. The lowest BCUT2D eigenvalue weighted by atomic mass is 10.3. The summed E-state index contributed by atoms with van der Waals surface area (Å²) in [5.41, 5.74) is 5.98. The van der Waals surface area contributed by atoms with Crippen LogP contribution >= 0.6 is 27.3 Å². The van der Waals surface area contributed by atoms with E-state index in [9.17, 15) is 0 Å². The Bertz CT molecular complexity index is 407. The number of guanidine groups is 1. The molecule has 2 N–H and O–H groups in total. The van der Waals surface area contributed by atoms with Gasteiger partial charge in [0.15, 0.2) is 5.96 Å². The van der Waals surface area contributed by atoms with Gasteiger partial charge in [-0.25, -0.2) is 4.99 Å². The minimum absolute atomic E-state index is 0.230. The zero-order valence-corrected chi connectivity index (χ0v) is 12.1. The van der Waals surface area contributed by atoms with E-state index < -0.39 is 0 Å². The van der Waals surface area contributed by atoms with Crippen molar-refractivity contribution in [1.82, 2.24) is 4.90 Å². The van der Waals surface area contributed by atoms with Crippen molar-refractivity contribution in [2.45, 2.75) is 19.6 Å². The number of morpholine rings is 1. The Hall–Kier alpha value is -0.590. The summed E-state index contributed by atoms with van der Waals surface area (Å²) in [5.74, 6) is 0.615. The van der Waals surface area contributed by atoms with Gasteiger partial charge in [-0.3, -0.25) is 0 Å². The lowest BCUT2D eigenvalue weighted by Crippen LogP contribution is -2.47. The summed E-state index contributed by atoms with van der Waals surface area (Å²) in [4.78, 5) is 7.71. The van der Waals surface area contributed by atoms with Gasteiger partial charge in [-0.15, -0.1) is 11.3 Å². The fourth-order valence-electron chi connectivity index (χ4n) is 1.72. The van der Waals surface area contributed by atoms with Gasteiger partial charge in [0.1, 0.15) is 0 Å². The van der Waals surface area contributed by atoms with Gasteiger partial charge in [0.25, 0.3) is 0 Å². The Kier molecular flexibility index (Phi) is 4.42. The van der Waals surface area contributed by atoms with Crippen LogP contribution in [0.15, 0.2) is 20.9 Å². The number of rotatable bonds is 2. The summed E-state index contributed by atoms with van der Waals surface area (Å²) in [6.45, 7) is 5.07. The molecule has 0 radical (unpaired) electrons. The third kappa shape index (κ3) is 3.69. The molecule has 1 aliphatic heterocycles. The third-order valence-electron chi connectivity index (χ3n) is 2.58. The van der Waals surface area contributed by atoms with Crippen LogP contribution in [0.4, 0.5) is 0 Å². The molecule has 1 fully saturated rings. The average molecular weight is 318 g/mol. The summed E-state index contributed by atoms with van der Waals surface area (Å²) in [6, 6.07) is 2.07. The van der Waals surface area contributed by atoms with Crippen LogP contribution in [0.3, 0.4) is 0 Å². The molecule has 0 spiro atoms. The second-order valence-corrected chi connectivity index (χ2v) is 5.94. The third-order valence-corrected chi connectivity index (χ3v) is 4.27. The molecule has 0 saturated carbocycles. The van der Waals surface area contributed by atoms with Crippen molar-refractivity contribution in [3.63, 3.8) is 0 Å². The number of nitrogens with two attached hydrogens (primary N) is 1. The predicted octanol–water partition coefficient (Wildman–Crippen LogP) is 2.05. The van der Waals surface area contributed by atoms with Crippen molar-refractivity contribution in [3.05, 3.63) is 20.8 Å². The number of hydrogen-bond donors (Lipinski definition) is 1. The topological polar surface area (TPSA) is 50.8 Å². The quantitative estimate of drug-likeness (QED) is 0.671. The van der Waals surface area contributed by atoms with Gasteiger partial charge in [-0.1, -0.05) is 0 Å². The van der Waals surface area contributed by atoms with Crippen molar-refractivity contribution in [3.8, 4) is 0 Å². The highest BCUT2D eigenvalue weighted by Crippen LogP contribution is 2.20. The van der Waals surface area contributed by atoms with Gasteiger partial charge in [-0.2, -0.15) is 0 Å². The molecule has 0 aliphatic carbocycles. The first-order valence-corrected chi connectivity index (χ1v) is 7.22. The summed E-state index contributed by atoms with van der Waals surface area (Å²) in [6.07, 6.45) is 0.230. The van der Waals surface area contributed by atoms with Crippen molar-refractivity contribution < 1.29 is 4.74 Å². The Balaban J connectivity index is 1.92. The highest BCUT2D eigenvalue weighted by Gasteiger charge is 2.17. The first-order valence-electron chi connectivity index (χ1n) is 5.54. The molecule has 2 heterocycles. The molecule has 4 nitrogen and oxygen atoms in total. The van der Waals surface area contributed by atoms with Crippen molar-refractivity contribution in [1.29, 1.82) is 0 Å². The van der Waals surface area contributed by atoms with Crippen molar-refractivity contribution in [2.75, 3.05) is 19.7 Å². The Labute approximate surface area is 114 Å². The molecule has 1 aliphatic rings. The standard InChI is InChI=1S/C11H16BrN3OS/c1-8-6-15(2-3-16-8)11(13)14-5-10-4-9(12)7-17-10/h4,7-8H,2-3,5-6H2,1H3,(H2,13,14). The van der Waals surface area contributed by atoms with Crippen LogP contribution in [0.25, 0.3) is 0 Å². The predicted molar refractivity (Wildman–Crippen MR) is 74.3 cm³/mol. The number of nitrogens with zero attached hydrogens (tertiary/aromatic N) is 2. The molecule has 94 valence electrons. The lowest BCUT2D eigenvalue weighted by Gasteiger charge is -2.31. The van der Waals surface area contributed by atoms with E-state index >= 15 is 0 Å². The molecule has 1 unspecified atom stereocenters.